The first-order chi connectivity index (χ1) is 8.70. The summed E-state index contributed by atoms with van der Waals surface area (Å²) in [6.45, 7) is 2.28. The maximum Gasteiger partial charge on any atom is 0.222 e. The molecule has 1 aliphatic carbocycles. The van der Waals surface area contributed by atoms with E-state index in [2.05, 4.69) is 14.9 Å². The zero-order chi connectivity index (χ0) is 12.5. The monoisotopic (exact) mass is 249 g/mol. The van der Waals surface area contributed by atoms with E-state index in [9.17, 15) is 0 Å². The molecule has 6 heteroatoms. The minimum atomic E-state index is 0.229. The molecule has 1 saturated carbocycles. The van der Waals surface area contributed by atoms with Gasteiger partial charge in [-0.25, -0.2) is 4.98 Å². The zero-order valence-electron chi connectivity index (χ0n) is 10.4. The number of anilines is 2. The molecular formula is C12H19N5O. The first-order valence-corrected chi connectivity index (χ1v) is 6.46. The second kappa shape index (κ2) is 4.70. The van der Waals surface area contributed by atoms with Crippen molar-refractivity contribution in [1.82, 2.24) is 9.97 Å². The normalized spacial score (nSPS) is 23.6. The maximum atomic E-state index is 5.90. The Hall–Kier alpha value is -1.40. The SMILES string of the molecule is Nc1nc(COC2CC2)cc(N2CCC(N)C2)n1. The third kappa shape index (κ3) is 2.70. The summed E-state index contributed by atoms with van der Waals surface area (Å²) in [5.74, 6) is 1.17. The number of nitrogen functional groups attached to an aromatic ring is 1. The average Bonchev–Trinajstić information content (AvgIpc) is 3.07. The molecule has 0 spiro atoms. The van der Waals surface area contributed by atoms with Crippen LogP contribution in [-0.2, 0) is 11.3 Å². The molecule has 0 bridgehead atoms. The van der Waals surface area contributed by atoms with Gasteiger partial charge in [-0.05, 0) is 19.3 Å². The molecule has 3 rings (SSSR count). The van der Waals surface area contributed by atoms with E-state index in [1.807, 2.05) is 6.07 Å². The van der Waals surface area contributed by atoms with Crippen LogP contribution in [0.3, 0.4) is 0 Å². The van der Waals surface area contributed by atoms with Crippen LogP contribution in [0.1, 0.15) is 25.0 Å². The van der Waals surface area contributed by atoms with Gasteiger partial charge in [0.05, 0.1) is 18.4 Å². The predicted octanol–water partition coefficient (Wildman–Crippen LogP) is 0.275. The largest absolute Gasteiger partial charge is 0.372 e. The van der Waals surface area contributed by atoms with Crippen LogP contribution in [0.2, 0.25) is 0 Å². The molecule has 0 aromatic carbocycles. The Labute approximate surface area is 106 Å². The highest BCUT2D eigenvalue weighted by molar-refractivity contribution is 5.44. The number of hydrogen-bond donors (Lipinski definition) is 2. The van der Waals surface area contributed by atoms with Crippen molar-refractivity contribution in [1.29, 1.82) is 0 Å². The Morgan fingerprint density at radius 3 is 2.83 bits per heavy atom. The molecule has 1 aromatic rings. The lowest BCUT2D eigenvalue weighted by Crippen LogP contribution is -2.27. The number of nitrogens with two attached hydrogens (primary N) is 2. The van der Waals surface area contributed by atoms with Gasteiger partial charge in [0.25, 0.3) is 0 Å². The van der Waals surface area contributed by atoms with Crippen molar-refractivity contribution in [2.45, 2.75) is 38.0 Å². The lowest BCUT2D eigenvalue weighted by Gasteiger charge is -2.17. The van der Waals surface area contributed by atoms with E-state index >= 15 is 0 Å². The van der Waals surface area contributed by atoms with Crippen LogP contribution in [0.5, 0.6) is 0 Å². The summed E-state index contributed by atoms with van der Waals surface area (Å²) in [5.41, 5.74) is 12.5. The van der Waals surface area contributed by atoms with Gasteiger partial charge < -0.3 is 21.1 Å². The van der Waals surface area contributed by atoms with Gasteiger partial charge in [0, 0.05) is 25.2 Å². The molecule has 0 radical (unpaired) electrons. The number of hydrogen-bond acceptors (Lipinski definition) is 6. The standard InChI is InChI=1S/C12H19N5O/c13-8-3-4-17(6-8)11-5-9(15-12(14)16-11)7-18-10-1-2-10/h5,8,10H,1-4,6-7,13H2,(H2,14,15,16). The Morgan fingerprint density at radius 1 is 1.33 bits per heavy atom. The van der Waals surface area contributed by atoms with E-state index in [-0.39, 0.29) is 6.04 Å². The van der Waals surface area contributed by atoms with Crippen molar-refractivity contribution in [2.24, 2.45) is 5.73 Å². The quantitative estimate of drug-likeness (QED) is 0.796. The smallest absolute Gasteiger partial charge is 0.222 e. The lowest BCUT2D eigenvalue weighted by atomic mass is 10.3. The highest BCUT2D eigenvalue weighted by Gasteiger charge is 2.23. The van der Waals surface area contributed by atoms with E-state index in [1.54, 1.807) is 0 Å². The van der Waals surface area contributed by atoms with E-state index in [0.717, 1.165) is 43.9 Å². The fraction of sp³-hybridized carbons (Fsp3) is 0.667. The fourth-order valence-corrected chi connectivity index (χ4v) is 2.17. The molecule has 2 aliphatic rings. The maximum absolute atomic E-state index is 5.90. The second-order valence-corrected chi connectivity index (χ2v) is 5.08. The number of ether oxygens (including phenoxy) is 1. The number of aromatic nitrogens is 2. The topological polar surface area (TPSA) is 90.3 Å². The van der Waals surface area contributed by atoms with Gasteiger partial charge in [0.15, 0.2) is 0 Å². The molecule has 1 unspecified atom stereocenters. The van der Waals surface area contributed by atoms with E-state index < -0.39 is 0 Å². The van der Waals surface area contributed by atoms with Crippen LogP contribution in [0.25, 0.3) is 0 Å². The Balaban J connectivity index is 1.72. The molecule has 1 aromatic heterocycles. The minimum Gasteiger partial charge on any atom is -0.372 e. The molecule has 1 aliphatic heterocycles. The zero-order valence-corrected chi connectivity index (χ0v) is 10.4. The van der Waals surface area contributed by atoms with Crippen LogP contribution in [0.4, 0.5) is 11.8 Å². The summed E-state index contributed by atoms with van der Waals surface area (Å²) in [5, 5.41) is 0. The third-order valence-electron chi connectivity index (χ3n) is 3.32. The van der Waals surface area contributed by atoms with Gasteiger partial charge in [-0.2, -0.15) is 4.98 Å². The predicted molar refractivity (Wildman–Crippen MR) is 69.1 cm³/mol. The highest BCUT2D eigenvalue weighted by atomic mass is 16.5. The molecule has 18 heavy (non-hydrogen) atoms. The number of nitrogens with zero attached hydrogens (tertiary/aromatic N) is 3. The first-order valence-electron chi connectivity index (χ1n) is 6.46. The van der Waals surface area contributed by atoms with Gasteiger partial charge in [-0.3, -0.25) is 0 Å². The van der Waals surface area contributed by atoms with Crippen LogP contribution >= 0.6 is 0 Å². The van der Waals surface area contributed by atoms with Crippen molar-refractivity contribution in [2.75, 3.05) is 23.7 Å². The summed E-state index contributed by atoms with van der Waals surface area (Å²) in [4.78, 5) is 10.6. The Kier molecular flexibility index (Phi) is 3.05. The Morgan fingerprint density at radius 2 is 2.17 bits per heavy atom. The van der Waals surface area contributed by atoms with Gasteiger partial charge in [0.1, 0.15) is 5.82 Å². The van der Waals surface area contributed by atoms with Crippen LogP contribution in [-0.4, -0.2) is 35.2 Å². The van der Waals surface area contributed by atoms with Gasteiger partial charge in [-0.1, -0.05) is 0 Å². The van der Waals surface area contributed by atoms with E-state index in [4.69, 9.17) is 16.2 Å². The van der Waals surface area contributed by atoms with E-state index in [0.29, 0.717) is 18.7 Å². The molecule has 2 fully saturated rings. The molecule has 2 heterocycles. The highest BCUT2D eigenvalue weighted by Crippen LogP contribution is 2.25. The molecule has 6 nitrogen and oxygen atoms in total. The summed E-state index contributed by atoms with van der Waals surface area (Å²) in [7, 11) is 0. The Bertz CT molecular complexity index is 434. The average molecular weight is 249 g/mol. The molecular weight excluding hydrogens is 230 g/mol. The van der Waals surface area contributed by atoms with Gasteiger partial charge in [0.2, 0.25) is 5.95 Å². The van der Waals surface area contributed by atoms with Crippen molar-refractivity contribution in [3.05, 3.63) is 11.8 Å². The summed E-state index contributed by atoms with van der Waals surface area (Å²) < 4.78 is 5.64. The summed E-state index contributed by atoms with van der Waals surface area (Å²) in [6, 6.07) is 2.18. The first kappa shape index (κ1) is 11.7. The van der Waals surface area contributed by atoms with E-state index in [1.165, 1.54) is 0 Å². The van der Waals surface area contributed by atoms with Gasteiger partial charge in [-0.15, -0.1) is 0 Å². The molecule has 1 atom stereocenters. The fourth-order valence-electron chi connectivity index (χ4n) is 2.17. The van der Waals surface area contributed by atoms with Gasteiger partial charge >= 0.3 is 0 Å². The molecule has 1 saturated heterocycles. The minimum absolute atomic E-state index is 0.229. The number of rotatable bonds is 4. The second-order valence-electron chi connectivity index (χ2n) is 5.08. The third-order valence-corrected chi connectivity index (χ3v) is 3.32. The van der Waals surface area contributed by atoms with Crippen LogP contribution < -0.4 is 16.4 Å². The molecule has 4 N–H and O–H groups in total. The summed E-state index contributed by atoms with van der Waals surface area (Å²) in [6.07, 6.45) is 3.74. The van der Waals surface area contributed by atoms with Crippen LogP contribution in [0.15, 0.2) is 6.07 Å². The van der Waals surface area contributed by atoms with Crippen molar-refractivity contribution >= 4 is 11.8 Å². The van der Waals surface area contributed by atoms with Crippen molar-refractivity contribution < 1.29 is 4.74 Å². The van der Waals surface area contributed by atoms with Crippen LogP contribution in [0, 0.1) is 0 Å². The van der Waals surface area contributed by atoms with Crippen molar-refractivity contribution in [3.8, 4) is 0 Å². The lowest BCUT2D eigenvalue weighted by molar-refractivity contribution is 0.103. The molecule has 98 valence electrons. The van der Waals surface area contributed by atoms with Crippen molar-refractivity contribution in [3.63, 3.8) is 0 Å². The molecule has 0 amide bonds. The summed E-state index contributed by atoms with van der Waals surface area (Å²) >= 11 is 0.